The van der Waals surface area contributed by atoms with E-state index in [2.05, 4.69) is 42.4 Å². The van der Waals surface area contributed by atoms with Crippen LogP contribution in [-0.4, -0.2) is 25.0 Å². The van der Waals surface area contributed by atoms with Crippen LogP contribution in [0.15, 0.2) is 18.2 Å². The number of aryl methyl sites for hydroxylation is 1. The molecule has 1 aliphatic rings. The summed E-state index contributed by atoms with van der Waals surface area (Å²) in [4.78, 5) is 2.35. The topological polar surface area (TPSA) is 15.3 Å². The highest BCUT2D eigenvalue weighted by molar-refractivity contribution is 5.54. The van der Waals surface area contributed by atoms with Crippen LogP contribution in [0.3, 0.4) is 0 Å². The molecule has 1 N–H and O–H groups in total. The largest absolute Gasteiger partial charge is 0.383 e. The Bertz CT molecular complexity index is 320. The van der Waals surface area contributed by atoms with Crippen LogP contribution in [0.2, 0.25) is 0 Å². The highest BCUT2D eigenvalue weighted by atomic mass is 15.1. The Morgan fingerprint density at radius 3 is 3.07 bits per heavy atom. The lowest BCUT2D eigenvalue weighted by Gasteiger charge is -2.12. The molecule has 0 saturated heterocycles. The molecule has 2 nitrogen and oxygen atoms in total. The number of likely N-dealkylation sites (N-methyl/N-ethyl adjacent to an activating group) is 1. The van der Waals surface area contributed by atoms with Gasteiger partial charge in [-0.15, -0.1) is 0 Å². The molecule has 0 bridgehead atoms. The molecule has 0 aromatic heterocycles. The van der Waals surface area contributed by atoms with Crippen LogP contribution >= 0.6 is 0 Å². The molecule has 2 rings (SSSR count). The summed E-state index contributed by atoms with van der Waals surface area (Å²) in [6.07, 6.45) is 1.12. The first kappa shape index (κ1) is 9.53. The predicted octanol–water partition coefficient (Wildman–Crippen LogP) is 2.11. The smallest absolute Gasteiger partial charge is 0.0389 e. The van der Waals surface area contributed by atoms with E-state index in [1.54, 1.807) is 0 Å². The number of rotatable bonds is 1. The third-order valence-electron chi connectivity index (χ3n) is 2.83. The molecule has 0 saturated carbocycles. The van der Waals surface area contributed by atoms with Crippen LogP contribution in [0.25, 0.3) is 0 Å². The number of nitrogens with one attached hydrogen (secondary N) is 1. The van der Waals surface area contributed by atoms with E-state index in [0.717, 1.165) is 26.1 Å². The van der Waals surface area contributed by atoms with Gasteiger partial charge in [-0.3, -0.25) is 0 Å². The van der Waals surface area contributed by atoms with Crippen molar-refractivity contribution in [3.05, 3.63) is 29.3 Å². The van der Waals surface area contributed by atoms with Crippen LogP contribution in [0.5, 0.6) is 0 Å². The van der Waals surface area contributed by atoms with Crippen molar-refractivity contribution in [2.24, 2.45) is 0 Å². The summed E-state index contributed by atoms with van der Waals surface area (Å²) in [5.74, 6) is 0. The monoisotopic (exact) mass is 190 g/mol. The average Bonchev–Trinajstić information content (AvgIpc) is 2.37. The van der Waals surface area contributed by atoms with Crippen LogP contribution in [-0.2, 0) is 13.0 Å². The third kappa shape index (κ3) is 1.90. The lowest BCUT2D eigenvalue weighted by molar-refractivity contribution is 0.346. The lowest BCUT2D eigenvalue weighted by atomic mass is 10.1. The van der Waals surface area contributed by atoms with Crippen LogP contribution < -0.4 is 5.32 Å². The molecule has 1 aromatic rings. The van der Waals surface area contributed by atoms with Crippen molar-refractivity contribution in [2.75, 3.05) is 25.5 Å². The van der Waals surface area contributed by atoms with E-state index in [4.69, 9.17) is 0 Å². The van der Waals surface area contributed by atoms with Crippen molar-refractivity contribution in [1.29, 1.82) is 0 Å². The van der Waals surface area contributed by atoms with E-state index in [9.17, 15) is 0 Å². The Hall–Kier alpha value is -1.02. The average molecular weight is 190 g/mol. The van der Waals surface area contributed by atoms with Gasteiger partial charge in [-0.25, -0.2) is 0 Å². The summed E-state index contributed by atoms with van der Waals surface area (Å²) in [7, 11) is 2.17. The number of hydrogen-bond donors (Lipinski definition) is 1. The maximum absolute atomic E-state index is 3.49. The van der Waals surface area contributed by atoms with Crippen molar-refractivity contribution >= 4 is 5.69 Å². The summed E-state index contributed by atoms with van der Waals surface area (Å²) in [5.41, 5.74) is 4.16. The van der Waals surface area contributed by atoms with Gasteiger partial charge in [0.15, 0.2) is 0 Å². The van der Waals surface area contributed by atoms with Gasteiger partial charge in [0.1, 0.15) is 0 Å². The Morgan fingerprint density at radius 2 is 2.29 bits per heavy atom. The molecule has 0 spiro atoms. The summed E-state index contributed by atoms with van der Waals surface area (Å²) in [5, 5.41) is 3.49. The normalized spacial score (nSPS) is 17.0. The van der Waals surface area contributed by atoms with Gasteiger partial charge in [-0.05, 0) is 30.7 Å². The van der Waals surface area contributed by atoms with Crippen LogP contribution in [0.4, 0.5) is 5.69 Å². The van der Waals surface area contributed by atoms with Crippen LogP contribution in [0.1, 0.15) is 18.1 Å². The van der Waals surface area contributed by atoms with Gasteiger partial charge < -0.3 is 10.2 Å². The second kappa shape index (κ2) is 4.01. The summed E-state index contributed by atoms with van der Waals surface area (Å²) in [6, 6.07) is 6.77. The molecule has 14 heavy (non-hydrogen) atoms. The summed E-state index contributed by atoms with van der Waals surface area (Å²) in [6.45, 7) is 5.43. The zero-order valence-corrected chi connectivity index (χ0v) is 9.01. The fourth-order valence-electron chi connectivity index (χ4n) is 1.90. The molecule has 0 aliphatic carbocycles. The van der Waals surface area contributed by atoms with Gasteiger partial charge in [-0.1, -0.05) is 19.1 Å². The second-order valence-electron chi connectivity index (χ2n) is 4.01. The minimum Gasteiger partial charge on any atom is -0.383 e. The molecular formula is C12H18N2. The SMILES string of the molecule is CCc1ccc2c(c1)NCCN(C)C2. The van der Waals surface area contributed by atoms with E-state index in [-0.39, 0.29) is 0 Å². The highest BCUT2D eigenvalue weighted by Crippen LogP contribution is 2.21. The van der Waals surface area contributed by atoms with Gasteiger partial charge in [0.2, 0.25) is 0 Å². The first-order valence-corrected chi connectivity index (χ1v) is 5.34. The summed E-state index contributed by atoms with van der Waals surface area (Å²) >= 11 is 0. The number of benzene rings is 1. The molecule has 0 unspecified atom stereocenters. The van der Waals surface area contributed by atoms with Crippen molar-refractivity contribution in [3.63, 3.8) is 0 Å². The molecule has 0 fully saturated rings. The Kier molecular flexibility index (Phi) is 2.73. The first-order valence-electron chi connectivity index (χ1n) is 5.34. The number of hydrogen-bond acceptors (Lipinski definition) is 2. The van der Waals surface area contributed by atoms with Crippen molar-refractivity contribution < 1.29 is 0 Å². The molecule has 0 atom stereocenters. The van der Waals surface area contributed by atoms with E-state index in [1.807, 2.05) is 0 Å². The van der Waals surface area contributed by atoms with Crippen molar-refractivity contribution in [2.45, 2.75) is 19.9 Å². The van der Waals surface area contributed by atoms with E-state index in [1.165, 1.54) is 16.8 Å². The predicted molar refractivity (Wildman–Crippen MR) is 60.6 cm³/mol. The number of anilines is 1. The van der Waals surface area contributed by atoms with Crippen molar-refractivity contribution in [3.8, 4) is 0 Å². The third-order valence-corrected chi connectivity index (χ3v) is 2.83. The molecule has 76 valence electrons. The van der Waals surface area contributed by atoms with Gasteiger partial charge in [0.25, 0.3) is 0 Å². The maximum Gasteiger partial charge on any atom is 0.0389 e. The quantitative estimate of drug-likeness (QED) is 0.729. The standard InChI is InChI=1S/C12H18N2/c1-3-10-4-5-11-9-14(2)7-6-13-12(11)8-10/h4-5,8,13H,3,6-7,9H2,1-2H3. The number of fused-ring (bicyclic) bond motifs is 1. The van der Waals surface area contributed by atoms with Gasteiger partial charge in [0.05, 0.1) is 0 Å². The molecule has 1 heterocycles. The zero-order valence-electron chi connectivity index (χ0n) is 9.01. The molecule has 1 aromatic carbocycles. The van der Waals surface area contributed by atoms with Crippen LogP contribution in [0, 0.1) is 0 Å². The van der Waals surface area contributed by atoms with Gasteiger partial charge in [-0.2, -0.15) is 0 Å². The summed E-state index contributed by atoms with van der Waals surface area (Å²) < 4.78 is 0. The minimum atomic E-state index is 1.05. The molecule has 2 heteroatoms. The first-order chi connectivity index (χ1) is 6.79. The van der Waals surface area contributed by atoms with E-state index < -0.39 is 0 Å². The fourth-order valence-corrected chi connectivity index (χ4v) is 1.90. The molecular weight excluding hydrogens is 172 g/mol. The minimum absolute atomic E-state index is 1.05. The fraction of sp³-hybridized carbons (Fsp3) is 0.500. The Morgan fingerprint density at radius 1 is 1.43 bits per heavy atom. The van der Waals surface area contributed by atoms with E-state index in [0.29, 0.717) is 0 Å². The second-order valence-corrected chi connectivity index (χ2v) is 4.01. The Balaban J connectivity index is 2.31. The van der Waals surface area contributed by atoms with Crippen molar-refractivity contribution in [1.82, 2.24) is 4.90 Å². The van der Waals surface area contributed by atoms with E-state index >= 15 is 0 Å². The van der Waals surface area contributed by atoms with Gasteiger partial charge in [0, 0.05) is 25.3 Å². The molecule has 0 amide bonds. The molecule has 0 radical (unpaired) electrons. The lowest BCUT2D eigenvalue weighted by Crippen LogP contribution is -2.20. The Labute approximate surface area is 85.9 Å². The van der Waals surface area contributed by atoms with Gasteiger partial charge >= 0.3 is 0 Å². The zero-order chi connectivity index (χ0) is 9.97. The maximum atomic E-state index is 3.49. The molecule has 1 aliphatic heterocycles. The number of nitrogens with zero attached hydrogens (tertiary/aromatic N) is 1. The highest BCUT2D eigenvalue weighted by Gasteiger charge is 2.10.